The van der Waals surface area contributed by atoms with E-state index in [-0.39, 0.29) is 23.5 Å². The van der Waals surface area contributed by atoms with Gasteiger partial charge in [0.05, 0.1) is 20.3 Å². The van der Waals surface area contributed by atoms with Crippen molar-refractivity contribution < 1.29 is 44.8 Å². The smallest absolute Gasteiger partial charge is 0.223 e. The van der Waals surface area contributed by atoms with Crippen LogP contribution in [0.1, 0.15) is 30.1 Å². The molecule has 9 heteroatoms. The van der Waals surface area contributed by atoms with Crippen molar-refractivity contribution >= 4 is 0 Å². The lowest BCUT2D eigenvalue weighted by Crippen LogP contribution is -2.45. The maximum Gasteiger partial charge on any atom is 0.223 e. The normalized spacial score (nSPS) is 24.6. The molecule has 1 aliphatic rings. The van der Waals surface area contributed by atoms with Gasteiger partial charge in [-0.25, -0.2) is 0 Å². The van der Waals surface area contributed by atoms with Gasteiger partial charge in [0.2, 0.25) is 11.5 Å². The molecule has 4 atom stereocenters. The topological polar surface area (TPSA) is 149 Å². The molecular weight excluding hydrogens is 396 g/mol. The fraction of sp³-hybridized carbons (Fsp3) is 0.429. The molecule has 1 fully saturated rings. The lowest BCUT2D eigenvalue weighted by Gasteiger charge is -2.31. The summed E-state index contributed by atoms with van der Waals surface area (Å²) in [5.41, 5.74) is 0.875. The Balaban J connectivity index is 1.72. The van der Waals surface area contributed by atoms with E-state index in [0.717, 1.165) is 11.6 Å². The SMILES string of the molecule is COc1cc(CC[C@H]2C[C@H](O)[C@@](O)([C@@H](O)c3cc(O)c(O)c(OC)c3)O2)ccc1O. The number of hydrogen-bond acceptors (Lipinski definition) is 9. The molecular formula is C21H26O9. The lowest BCUT2D eigenvalue weighted by atomic mass is 9.95. The fourth-order valence-corrected chi connectivity index (χ4v) is 3.61. The minimum absolute atomic E-state index is 0.00706. The number of ether oxygens (including phenoxy) is 3. The molecule has 6 N–H and O–H groups in total. The third-order valence-electron chi connectivity index (χ3n) is 5.32. The molecule has 2 aromatic carbocycles. The second-order valence-electron chi connectivity index (χ2n) is 7.28. The Morgan fingerprint density at radius 2 is 1.77 bits per heavy atom. The number of rotatable bonds is 7. The molecule has 1 saturated heterocycles. The van der Waals surface area contributed by atoms with Crippen LogP contribution < -0.4 is 9.47 Å². The van der Waals surface area contributed by atoms with Crippen LogP contribution in [0.4, 0.5) is 0 Å². The first kappa shape index (κ1) is 22.0. The number of methoxy groups -OCH3 is 2. The molecule has 30 heavy (non-hydrogen) atoms. The largest absolute Gasteiger partial charge is 0.504 e. The zero-order valence-electron chi connectivity index (χ0n) is 16.6. The molecule has 0 aromatic heterocycles. The van der Waals surface area contributed by atoms with E-state index in [1.54, 1.807) is 12.1 Å². The molecule has 3 rings (SSSR count). The number of benzene rings is 2. The number of aliphatic hydroxyl groups is 3. The molecule has 1 heterocycles. The molecule has 0 bridgehead atoms. The second-order valence-corrected chi connectivity index (χ2v) is 7.28. The van der Waals surface area contributed by atoms with Crippen LogP contribution in [0.5, 0.6) is 28.7 Å². The van der Waals surface area contributed by atoms with Crippen LogP contribution >= 0.6 is 0 Å². The maximum absolute atomic E-state index is 10.8. The van der Waals surface area contributed by atoms with Gasteiger partial charge < -0.3 is 44.8 Å². The third-order valence-corrected chi connectivity index (χ3v) is 5.32. The van der Waals surface area contributed by atoms with Crippen molar-refractivity contribution in [1.82, 2.24) is 0 Å². The van der Waals surface area contributed by atoms with Gasteiger partial charge in [0, 0.05) is 6.42 Å². The van der Waals surface area contributed by atoms with Gasteiger partial charge in [0.15, 0.2) is 23.0 Å². The van der Waals surface area contributed by atoms with E-state index in [1.165, 1.54) is 26.4 Å². The van der Waals surface area contributed by atoms with Gasteiger partial charge in [-0.05, 0) is 48.2 Å². The van der Waals surface area contributed by atoms with Gasteiger partial charge >= 0.3 is 0 Å². The first-order chi connectivity index (χ1) is 14.2. The third kappa shape index (κ3) is 4.10. The Morgan fingerprint density at radius 1 is 1.07 bits per heavy atom. The monoisotopic (exact) mass is 422 g/mol. The van der Waals surface area contributed by atoms with E-state index in [4.69, 9.17) is 14.2 Å². The Kier molecular flexibility index (Phi) is 6.27. The van der Waals surface area contributed by atoms with Crippen molar-refractivity contribution in [3.8, 4) is 28.7 Å². The maximum atomic E-state index is 10.8. The van der Waals surface area contributed by atoms with Gasteiger partial charge in [-0.15, -0.1) is 0 Å². The molecule has 164 valence electrons. The van der Waals surface area contributed by atoms with Crippen LogP contribution in [0.2, 0.25) is 0 Å². The Morgan fingerprint density at radius 3 is 2.43 bits per heavy atom. The second kappa shape index (κ2) is 8.57. The number of aromatic hydroxyl groups is 3. The summed E-state index contributed by atoms with van der Waals surface area (Å²) in [5.74, 6) is -3.08. The quantitative estimate of drug-likeness (QED) is 0.363. The molecule has 9 nitrogen and oxygen atoms in total. The fourth-order valence-electron chi connectivity index (χ4n) is 3.61. The Hall–Kier alpha value is -2.72. The van der Waals surface area contributed by atoms with Crippen molar-refractivity contribution in [3.05, 3.63) is 41.5 Å². The Bertz CT molecular complexity index is 900. The van der Waals surface area contributed by atoms with Gasteiger partial charge in [-0.3, -0.25) is 0 Å². The first-order valence-corrected chi connectivity index (χ1v) is 9.41. The van der Waals surface area contributed by atoms with Gasteiger partial charge in [0.25, 0.3) is 0 Å². The first-order valence-electron chi connectivity index (χ1n) is 9.41. The molecule has 2 aromatic rings. The van der Waals surface area contributed by atoms with Crippen molar-refractivity contribution in [3.63, 3.8) is 0 Å². The zero-order chi connectivity index (χ0) is 22.1. The number of phenols is 3. The van der Waals surface area contributed by atoms with E-state index in [0.29, 0.717) is 18.6 Å². The summed E-state index contributed by atoms with van der Waals surface area (Å²) in [4.78, 5) is 0. The minimum atomic E-state index is -2.30. The standard InChI is InChI=1S/C21H26O9/c1-28-16-7-11(4-6-14(16)22)3-5-13-10-18(24)21(27,30-13)20(26)12-8-15(23)19(25)17(9-12)29-2/h4,6-9,13,18,20,22-27H,3,5,10H2,1-2H3/t13-,18-,20-,21-/m0/s1. The van der Waals surface area contributed by atoms with Crippen molar-refractivity contribution in [1.29, 1.82) is 0 Å². The summed E-state index contributed by atoms with van der Waals surface area (Å²) in [6, 6.07) is 7.24. The van der Waals surface area contributed by atoms with Gasteiger partial charge in [-0.1, -0.05) is 6.07 Å². The Labute approximate surface area is 173 Å². The van der Waals surface area contributed by atoms with Crippen molar-refractivity contribution in [2.75, 3.05) is 14.2 Å². The van der Waals surface area contributed by atoms with E-state index < -0.39 is 35.6 Å². The number of hydrogen-bond donors (Lipinski definition) is 6. The van der Waals surface area contributed by atoms with Crippen LogP contribution in [0.25, 0.3) is 0 Å². The molecule has 0 unspecified atom stereocenters. The zero-order valence-corrected chi connectivity index (χ0v) is 16.6. The highest BCUT2D eigenvalue weighted by atomic mass is 16.7. The molecule has 0 radical (unpaired) electrons. The molecule has 0 aliphatic carbocycles. The number of phenolic OH excluding ortho intramolecular Hbond substituents is 3. The number of aliphatic hydroxyl groups excluding tert-OH is 2. The highest BCUT2D eigenvalue weighted by molar-refractivity contribution is 5.52. The summed E-state index contributed by atoms with van der Waals surface area (Å²) in [6.07, 6.45) is -2.59. The lowest BCUT2D eigenvalue weighted by molar-refractivity contribution is -0.278. The van der Waals surface area contributed by atoms with Crippen LogP contribution in [0.3, 0.4) is 0 Å². The van der Waals surface area contributed by atoms with E-state index in [9.17, 15) is 30.6 Å². The summed E-state index contributed by atoms with van der Waals surface area (Å²) in [5, 5.41) is 61.1. The predicted octanol–water partition coefficient (Wildman–Crippen LogP) is 1.33. The summed E-state index contributed by atoms with van der Waals surface area (Å²) in [7, 11) is 2.72. The van der Waals surface area contributed by atoms with Crippen LogP contribution in [-0.4, -0.2) is 62.9 Å². The molecule has 0 amide bonds. The summed E-state index contributed by atoms with van der Waals surface area (Å²) >= 11 is 0. The predicted molar refractivity (Wildman–Crippen MR) is 105 cm³/mol. The average molecular weight is 422 g/mol. The summed E-state index contributed by atoms with van der Waals surface area (Å²) < 4.78 is 15.6. The van der Waals surface area contributed by atoms with E-state index in [1.807, 2.05) is 0 Å². The number of aryl methyl sites for hydroxylation is 1. The molecule has 0 saturated carbocycles. The highest BCUT2D eigenvalue weighted by Crippen LogP contribution is 2.44. The molecule has 1 aliphatic heterocycles. The van der Waals surface area contributed by atoms with E-state index >= 15 is 0 Å². The minimum Gasteiger partial charge on any atom is -0.504 e. The van der Waals surface area contributed by atoms with Crippen molar-refractivity contribution in [2.45, 2.75) is 43.4 Å². The van der Waals surface area contributed by atoms with Crippen molar-refractivity contribution in [2.24, 2.45) is 0 Å². The average Bonchev–Trinajstić information content (AvgIpc) is 3.03. The van der Waals surface area contributed by atoms with Crippen LogP contribution in [0.15, 0.2) is 30.3 Å². The van der Waals surface area contributed by atoms with Gasteiger partial charge in [0.1, 0.15) is 12.2 Å². The van der Waals surface area contributed by atoms with Gasteiger partial charge in [-0.2, -0.15) is 0 Å². The van der Waals surface area contributed by atoms with E-state index in [2.05, 4.69) is 0 Å². The molecule has 0 spiro atoms. The summed E-state index contributed by atoms with van der Waals surface area (Å²) in [6.45, 7) is 0. The highest BCUT2D eigenvalue weighted by Gasteiger charge is 2.52. The van der Waals surface area contributed by atoms with Crippen LogP contribution in [-0.2, 0) is 11.2 Å². The van der Waals surface area contributed by atoms with Crippen LogP contribution in [0, 0.1) is 0 Å².